The highest BCUT2D eigenvalue weighted by Gasteiger charge is 2.27. The van der Waals surface area contributed by atoms with E-state index in [2.05, 4.69) is 23.3 Å². The zero-order valence-electron chi connectivity index (χ0n) is 16.9. The Morgan fingerprint density at radius 2 is 2.03 bits per heavy atom. The summed E-state index contributed by atoms with van der Waals surface area (Å²) in [6.45, 7) is 7.89. The standard InChI is InChI=1S/C23H27NO3S.ClH/c1-3-9-24-10-6-16(7-11-24)21-19-13-17(15(2)23(25)26)4-5-20(19)27-14-18-8-12-28-22(18)21;/h4-5,8,12-13,15H,3,6-7,9-11,14H2,1-2H3,(H,25,26);1H. The lowest BCUT2D eigenvalue weighted by atomic mass is 9.88. The number of carboxylic acids is 1. The predicted molar refractivity (Wildman–Crippen MR) is 120 cm³/mol. The molecule has 0 spiro atoms. The number of hydrogen-bond acceptors (Lipinski definition) is 4. The molecule has 3 heterocycles. The van der Waals surface area contributed by atoms with Crippen molar-refractivity contribution in [1.82, 2.24) is 4.90 Å². The molecule has 2 aromatic rings. The van der Waals surface area contributed by atoms with Crippen molar-refractivity contribution in [2.45, 2.75) is 45.6 Å². The van der Waals surface area contributed by atoms with E-state index in [1.807, 2.05) is 18.2 Å². The zero-order chi connectivity index (χ0) is 19.7. The first-order chi connectivity index (χ1) is 13.6. The van der Waals surface area contributed by atoms with E-state index in [1.165, 1.54) is 28.0 Å². The quantitative estimate of drug-likeness (QED) is 0.685. The molecule has 0 aliphatic carbocycles. The number of fused-ring (bicyclic) bond motifs is 2. The third-order valence-corrected chi connectivity index (χ3v) is 6.83. The van der Waals surface area contributed by atoms with E-state index in [0.717, 1.165) is 49.4 Å². The van der Waals surface area contributed by atoms with Crippen LogP contribution in [0.4, 0.5) is 0 Å². The second-order valence-corrected chi connectivity index (χ2v) is 8.62. The number of likely N-dealkylation sites (tertiary alicyclic amines) is 1. The molecule has 1 aromatic carbocycles. The van der Waals surface area contributed by atoms with Gasteiger partial charge >= 0.3 is 5.97 Å². The molecule has 6 heteroatoms. The van der Waals surface area contributed by atoms with E-state index in [-0.39, 0.29) is 12.4 Å². The summed E-state index contributed by atoms with van der Waals surface area (Å²) in [5.74, 6) is -0.467. The van der Waals surface area contributed by atoms with Gasteiger partial charge in [-0.15, -0.1) is 23.7 Å². The van der Waals surface area contributed by atoms with Gasteiger partial charge < -0.3 is 14.7 Å². The Morgan fingerprint density at radius 3 is 2.72 bits per heavy atom. The molecule has 29 heavy (non-hydrogen) atoms. The van der Waals surface area contributed by atoms with Crippen molar-refractivity contribution >= 4 is 35.3 Å². The Morgan fingerprint density at radius 1 is 1.28 bits per heavy atom. The number of rotatable bonds is 4. The maximum atomic E-state index is 11.5. The van der Waals surface area contributed by atoms with Crippen LogP contribution in [0.3, 0.4) is 0 Å². The molecule has 1 aromatic heterocycles. The van der Waals surface area contributed by atoms with E-state index < -0.39 is 11.9 Å². The minimum atomic E-state index is -0.798. The molecule has 1 atom stereocenters. The van der Waals surface area contributed by atoms with Gasteiger partial charge in [-0.05, 0) is 61.9 Å². The van der Waals surface area contributed by atoms with Gasteiger partial charge in [0.2, 0.25) is 0 Å². The number of ether oxygens (including phenoxy) is 1. The number of nitrogens with zero attached hydrogens (tertiary/aromatic N) is 1. The molecule has 2 aliphatic heterocycles. The van der Waals surface area contributed by atoms with Crippen LogP contribution in [-0.4, -0.2) is 35.6 Å². The van der Waals surface area contributed by atoms with Crippen LogP contribution in [-0.2, 0) is 11.4 Å². The van der Waals surface area contributed by atoms with E-state index in [0.29, 0.717) is 6.61 Å². The molecule has 1 N–H and O–H groups in total. The number of hydrogen-bond donors (Lipinski definition) is 1. The Bertz CT molecular complexity index is 911. The van der Waals surface area contributed by atoms with Crippen molar-refractivity contribution in [3.05, 3.63) is 56.8 Å². The van der Waals surface area contributed by atoms with Gasteiger partial charge in [-0.1, -0.05) is 18.6 Å². The molecule has 1 fully saturated rings. The molecular formula is C23H28ClNO3S. The highest BCUT2D eigenvalue weighted by atomic mass is 35.5. The van der Waals surface area contributed by atoms with Crippen LogP contribution in [0.2, 0.25) is 0 Å². The number of piperidine rings is 1. The van der Waals surface area contributed by atoms with Crippen molar-refractivity contribution in [3.63, 3.8) is 0 Å². The van der Waals surface area contributed by atoms with Crippen molar-refractivity contribution < 1.29 is 14.6 Å². The highest BCUT2D eigenvalue weighted by molar-refractivity contribution is 7.11. The van der Waals surface area contributed by atoms with Crippen LogP contribution in [0, 0.1) is 0 Å². The summed E-state index contributed by atoms with van der Waals surface area (Å²) in [6.07, 6.45) is 3.31. The van der Waals surface area contributed by atoms with Crippen LogP contribution in [0.1, 0.15) is 60.6 Å². The fourth-order valence-electron chi connectivity index (χ4n) is 4.19. The third-order valence-electron chi connectivity index (χ3n) is 5.85. The lowest BCUT2D eigenvalue weighted by Gasteiger charge is -2.29. The normalized spacial score (nSPS) is 17.4. The Hall–Kier alpha value is -1.82. The summed E-state index contributed by atoms with van der Waals surface area (Å²) < 4.78 is 6.12. The van der Waals surface area contributed by atoms with E-state index in [1.54, 1.807) is 18.3 Å². The summed E-state index contributed by atoms with van der Waals surface area (Å²) >= 11 is 1.77. The van der Waals surface area contributed by atoms with Gasteiger partial charge in [-0.3, -0.25) is 4.79 Å². The second-order valence-electron chi connectivity index (χ2n) is 7.70. The molecular weight excluding hydrogens is 406 g/mol. The van der Waals surface area contributed by atoms with Crippen molar-refractivity contribution in [2.24, 2.45) is 0 Å². The van der Waals surface area contributed by atoms with E-state index in [4.69, 9.17) is 4.74 Å². The second kappa shape index (κ2) is 9.33. The van der Waals surface area contributed by atoms with Crippen molar-refractivity contribution in [3.8, 4) is 5.75 Å². The number of halogens is 1. The number of aliphatic carboxylic acids is 1. The van der Waals surface area contributed by atoms with Gasteiger partial charge in [-0.25, -0.2) is 0 Å². The van der Waals surface area contributed by atoms with Gasteiger partial charge in [-0.2, -0.15) is 0 Å². The van der Waals surface area contributed by atoms with Gasteiger partial charge in [0.25, 0.3) is 0 Å². The SMILES string of the molecule is CCCN1CCC(=C2c3cc(C(C)C(=O)O)ccc3OCc3ccsc32)CC1.Cl. The van der Waals surface area contributed by atoms with Crippen LogP contribution >= 0.6 is 23.7 Å². The van der Waals surface area contributed by atoms with Crippen LogP contribution in [0.15, 0.2) is 35.2 Å². The largest absolute Gasteiger partial charge is 0.488 e. The maximum absolute atomic E-state index is 11.5. The number of benzene rings is 1. The summed E-state index contributed by atoms with van der Waals surface area (Å²) in [7, 11) is 0. The van der Waals surface area contributed by atoms with Gasteiger partial charge in [0.1, 0.15) is 12.4 Å². The van der Waals surface area contributed by atoms with Crippen molar-refractivity contribution in [1.29, 1.82) is 0 Å². The molecule has 4 nitrogen and oxygen atoms in total. The topological polar surface area (TPSA) is 49.8 Å². The van der Waals surface area contributed by atoms with Crippen LogP contribution in [0.25, 0.3) is 5.57 Å². The molecule has 2 aliphatic rings. The molecule has 1 unspecified atom stereocenters. The average Bonchev–Trinajstić information content (AvgIpc) is 3.10. The van der Waals surface area contributed by atoms with Crippen molar-refractivity contribution in [2.75, 3.05) is 19.6 Å². The predicted octanol–water partition coefficient (Wildman–Crippen LogP) is 5.56. The third kappa shape index (κ3) is 4.37. The molecule has 156 valence electrons. The zero-order valence-corrected chi connectivity index (χ0v) is 18.6. The van der Waals surface area contributed by atoms with Gasteiger partial charge in [0, 0.05) is 34.7 Å². The molecule has 0 bridgehead atoms. The first-order valence-electron chi connectivity index (χ1n) is 10.1. The van der Waals surface area contributed by atoms with Crippen LogP contribution < -0.4 is 4.74 Å². The molecule has 0 radical (unpaired) electrons. The molecule has 1 saturated heterocycles. The summed E-state index contributed by atoms with van der Waals surface area (Å²) in [5, 5.41) is 11.6. The maximum Gasteiger partial charge on any atom is 0.310 e. The summed E-state index contributed by atoms with van der Waals surface area (Å²) in [5.41, 5.74) is 5.88. The lowest BCUT2D eigenvalue weighted by molar-refractivity contribution is -0.138. The monoisotopic (exact) mass is 433 g/mol. The van der Waals surface area contributed by atoms with E-state index >= 15 is 0 Å². The Kier molecular flexibility index (Phi) is 7.04. The number of carbonyl (C=O) groups is 1. The average molecular weight is 434 g/mol. The molecule has 4 rings (SSSR count). The molecule has 0 amide bonds. The first kappa shape index (κ1) is 21.9. The van der Waals surface area contributed by atoms with Gasteiger partial charge in [0.15, 0.2) is 0 Å². The minimum Gasteiger partial charge on any atom is -0.488 e. The smallest absolute Gasteiger partial charge is 0.310 e. The highest BCUT2D eigenvalue weighted by Crippen LogP contribution is 2.44. The Labute approximate surface area is 182 Å². The van der Waals surface area contributed by atoms with E-state index in [9.17, 15) is 9.90 Å². The van der Waals surface area contributed by atoms with Crippen LogP contribution in [0.5, 0.6) is 5.75 Å². The summed E-state index contributed by atoms with van der Waals surface area (Å²) in [6, 6.07) is 8.04. The lowest BCUT2D eigenvalue weighted by Crippen LogP contribution is -2.31. The van der Waals surface area contributed by atoms with Gasteiger partial charge in [0.05, 0.1) is 5.92 Å². The molecule has 0 saturated carbocycles. The summed E-state index contributed by atoms with van der Waals surface area (Å²) in [4.78, 5) is 15.4. The minimum absolute atomic E-state index is 0. The number of carboxylic acid groups (broad SMARTS) is 1. The Balaban J connectivity index is 0.00000240. The first-order valence-corrected chi connectivity index (χ1v) is 11.0. The fourth-order valence-corrected chi connectivity index (χ4v) is 5.21. The fraction of sp³-hybridized carbons (Fsp3) is 0.435. The number of thiophene rings is 1.